The van der Waals surface area contributed by atoms with Gasteiger partial charge in [-0.05, 0) is 55.8 Å². The molecule has 1 saturated heterocycles. The van der Waals surface area contributed by atoms with Gasteiger partial charge in [0.25, 0.3) is 0 Å². The molecule has 5 heteroatoms. The topological polar surface area (TPSA) is 59.0 Å². The van der Waals surface area contributed by atoms with Crippen LogP contribution in [0.2, 0.25) is 0 Å². The van der Waals surface area contributed by atoms with Crippen LogP contribution in [0.15, 0.2) is 35.6 Å². The molecule has 4 rings (SSSR count). The molecule has 0 saturated carbocycles. The number of phenols is 1. The minimum absolute atomic E-state index is 0.0917. The van der Waals surface area contributed by atoms with Crippen molar-refractivity contribution in [1.29, 1.82) is 0 Å². The summed E-state index contributed by atoms with van der Waals surface area (Å²) in [6.45, 7) is 0.905. The second-order valence-corrected chi connectivity index (χ2v) is 6.75. The highest BCUT2D eigenvalue weighted by molar-refractivity contribution is 6.05. The first kappa shape index (κ1) is 15.3. The average molecular weight is 327 g/mol. The maximum Gasteiger partial charge on any atom is 0.220 e. The van der Waals surface area contributed by atoms with Gasteiger partial charge in [-0.3, -0.25) is 9.69 Å². The average Bonchev–Trinajstić information content (AvgIpc) is 2.58. The van der Waals surface area contributed by atoms with Crippen LogP contribution in [0.1, 0.15) is 17.5 Å². The minimum Gasteiger partial charge on any atom is -0.504 e. The van der Waals surface area contributed by atoms with Gasteiger partial charge in [0, 0.05) is 17.0 Å². The molecule has 0 radical (unpaired) electrons. The summed E-state index contributed by atoms with van der Waals surface area (Å²) >= 11 is 0. The van der Waals surface area contributed by atoms with Crippen molar-refractivity contribution in [2.75, 3.05) is 27.8 Å². The lowest BCUT2D eigenvalue weighted by atomic mass is 9.58. The molecule has 24 heavy (non-hydrogen) atoms. The maximum absolute atomic E-state index is 12.4. The molecule has 1 fully saturated rings. The van der Waals surface area contributed by atoms with Gasteiger partial charge in [0.2, 0.25) is 5.78 Å². The summed E-state index contributed by atoms with van der Waals surface area (Å²) in [6.07, 6.45) is 5.29. The van der Waals surface area contributed by atoms with E-state index in [2.05, 4.69) is 11.9 Å². The largest absolute Gasteiger partial charge is 0.504 e. The van der Waals surface area contributed by atoms with E-state index in [0.717, 1.165) is 36.1 Å². The van der Waals surface area contributed by atoms with Gasteiger partial charge in [-0.25, -0.2) is 0 Å². The van der Waals surface area contributed by atoms with E-state index in [9.17, 15) is 9.90 Å². The smallest absolute Gasteiger partial charge is 0.220 e. The van der Waals surface area contributed by atoms with Crippen molar-refractivity contribution in [3.05, 3.63) is 46.7 Å². The standard InChI is InChI=1S/C19H21NO4/c1-20-7-6-19-10-16(23-2)15(22)9-12(19)13(20)8-11-4-5-14(21)18(24-3)17(11)19/h4-5,9-10,13,21H,6-8H2,1-3H3/t13-,19-/m1/s1. The van der Waals surface area contributed by atoms with E-state index in [-0.39, 0.29) is 17.6 Å². The van der Waals surface area contributed by atoms with E-state index in [0.29, 0.717) is 11.5 Å². The lowest BCUT2D eigenvalue weighted by molar-refractivity contribution is -0.114. The Bertz CT molecular complexity index is 795. The number of carbonyl (C=O) groups excluding carboxylic acids is 1. The molecular weight excluding hydrogens is 306 g/mol. The van der Waals surface area contributed by atoms with Crippen LogP contribution in [0.4, 0.5) is 0 Å². The van der Waals surface area contributed by atoms with Crippen LogP contribution >= 0.6 is 0 Å². The Morgan fingerprint density at radius 2 is 2.08 bits per heavy atom. The first-order chi connectivity index (χ1) is 11.5. The minimum atomic E-state index is -0.450. The molecule has 3 aliphatic rings. The maximum atomic E-state index is 12.4. The van der Waals surface area contributed by atoms with Crippen LogP contribution in [0.5, 0.6) is 11.5 Å². The molecule has 0 amide bonds. The molecule has 2 aliphatic carbocycles. The number of likely N-dealkylation sites (tertiary alicyclic amines) is 1. The number of likely N-dealkylation sites (N-methyl/N-ethyl adjacent to an activating group) is 1. The summed E-state index contributed by atoms with van der Waals surface area (Å²) < 4.78 is 10.9. The summed E-state index contributed by atoms with van der Waals surface area (Å²) in [5.74, 6) is 0.903. The van der Waals surface area contributed by atoms with Gasteiger partial charge in [0.1, 0.15) is 0 Å². The summed E-state index contributed by atoms with van der Waals surface area (Å²) in [5, 5.41) is 10.3. The fourth-order valence-corrected chi connectivity index (χ4v) is 4.53. The predicted octanol–water partition coefficient (Wildman–Crippen LogP) is 1.94. The van der Waals surface area contributed by atoms with Crippen LogP contribution < -0.4 is 4.74 Å². The van der Waals surface area contributed by atoms with Crippen molar-refractivity contribution in [2.24, 2.45) is 0 Å². The zero-order valence-corrected chi connectivity index (χ0v) is 14.1. The van der Waals surface area contributed by atoms with Gasteiger partial charge in [-0.2, -0.15) is 0 Å². The molecule has 1 aromatic carbocycles. The number of methoxy groups -OCH3 is 2. The van der Waals surface area contributed by atoms with E-state index >= 15 is 0 Å². The Labute approximate surface area is 141 Å². The van der Waals surface area contributed by atoms with E-state index in [1.165, 1.54) is 7.11 Å². The Morgan fingerprint density at radius 1 is 1.29 bits per heavy atom. The third kappa shape index (κ3) is 1.82. The lowest BCUT2D eigenvalue weighted by Crippen LogP contribution is -2.54. The number of carbonyl (C=O) groups is 1. The SMILES string of the molecule is COC1=C[C@@]23CCN(C)[C@H](Cc4ccc(O)c(OC)c42)C3=CC1=O. The number of phenolic OH excluding ortho intramolecular Hbond substituents is 1. The lowest BCUT2D eigenvalue weighted by Gasteiger charge is -2.52. The molecule has 1 N–H and O–H groups in total. The summed E-state index contributed by atoms with van der Waals surface area (Å²) in [5.41, 5.74) is 2.76. The third-order valence-electron chi connectivity index (χ3n) is 5.68. The first-order valence-corrected chi connectivity index (χ1v) is 8.14. The van der Waals surface area contributed by atoms with Crippen LogP contribution in [-0.2, 0) is 21.4 Å². The normalized spacial score (nSPS) is 28.5. The van der Waals surface area contributed by atoms with Gasteiger partial charge in [0.15, 0.2) is 17.3 Å². The van der Waals surface area contributed by atoms with E-state index in [1.807, 2.05) is 12.1 Å². The number of rotatable bonds is 2. The number of hydrogen-bond donors (Lipinski definition) is 1. The van der Waals surface area contributed by atoms with Crippen molar-refractivity contribution >= 4 is 5.78 Å². The molecule has 0 spiro atoms. The van der Waals surface area contributed by atoms with Crippen molar-refractivity contribution in [3.63, 3.8) is 0 Å². The number of hydrogen-bond acceptors (Lipinski definition) is 5. The number of allylic oxidation sites excluding steroid dienone is 2. The van der Waals surface area contributed by atoms with E-state index in [1.54, 1.807) is 19.3 Å². The summed E-state index contributed by atoms with van der Waals surface area (Å²) in [6, 6.07) is 3.83. The highest BCUT2D eigenvalue weighted by atomic mass is 16.5. The quantitative estimate of drug-likeness (QED) is 0.899. The Kier molecular flexibility index (Phi) is 3.25. The van der Waals surface area contributed by atoms with Gasteiger partial charge >= 0.3 is 0 Å². The zero-order chi connectivity index (χ0) is 17.1. The van der Waals surface area contributed by atoms with Crippen molar-refractivity contribution < 1.29 is 19.4 Å². The monoisotopic (exact) mass is 327 g/mol. The van der Waals surface area contributed by atoms with E-state index in [4.69, 9.17) is 9.47 Å². The van der Waals surface area contributed by atoms with Crippen molar-refractivity contribution in [1.82, 2.24) is 4.90 Å². The Hall–Kier alpha value is -2.27. The molecule has 2 atom stereocenters. The van der Waals surface area contributed by atoms with Gasteiger partial charge in [0.05, 0.1) is 14.2 Å². The Morgan fingerprint density at radius 3 is 2.79 bits per heavy atom. The van der Waals surface area contributed by atoms with Crippen LogP contribution in [0.25, 0.3) is 0 Å². The Balaban J connectivity index is 2.05. The number of ether oxygens (including phenoxy) is 2. The van der Waals surface area contributed by atoms with Crippen LogP contribution in [-0.4, -0.2) is 49.6 Å². The number of piperidine rings is 1. The summed E-state index contributed by atoms with van der Waals surface area (Å²) in [4.78, 5) is 14.7. The fraction of sp³-hybridized carbons (Fsp3) is 0.421. The second kappa shape index (κ2) is 5.11. The molecule has 1 heterocycles. The predicted molar refractivity (Wildman–Crippen MR) is 89.3 cm³/mol. The number of benzene rings is 1. The molecule has 2 bridgehead atoms. The van der Waals surface area contributed by atoms with Crippen LogP contribution in [0.3, 0.4) is 0 Å². The first-order valence-electron chi connectivity index (χ1n) is 8.14. The van der Waals surface area contributed by atoms with Crippen molar-refractivity contribution in [3.8, 4) is 11.5 Å². The van der Waals surface area contributed by atoms with Gasteiger partial charge < -0.3 is 14.6 Å². The fourth-order valence-electron chi connectivity index (χ4n) is 4.53. The van der Waals surface area contributed by atoms with E-state index < -0.39 is 5.41 Å². The molecule has 1 aliphatic heterocycles. The van der Waals surface area contributed by atoms with Gasteiger partial charge in [-0.1, -0.05) is 6.07 Å². The molecule has 1 aromatic rings. The molecule has 126 valence electrons. The highest BCUT2D eigenvalue weighted by Gasteiger charge is 2.52. The van der Waals surface area contributed by atoms with Gasteiger partial charge in [-0.15, -0.1) is 0 Å². The zero-order valence-electron chi connectivity index (χ0n) is 14.1. The number of fused-ring (bicyclic) bond motifs is 1. The summed E-state index contributed by atoms with van der Waals surface area (Å²) in [7, 11) is 5.19. The molecule has 5 nitrogen and oxygen atoms in total. The highest BCUT2D eigenvalue weighted by Crippen LogP contribution is 2.55. The molecular formula is C19H21NO4. The molecule has 0 aromatic heterocycles. The number of nitrogens with zero attached hydrogens (tertiary/aromatic N) is 1. The number of ketones is 1. The number of aromatic hydroxyl groups is 1. The third-order valence-corrected chi connectivity index (χ3v) is 5.68. The second-order valence-electron chi connectivity index (χ2n) is 6.75. The van der Waals surface area contributed by atoms with Crippen molar-refractivity contribution in [2.45, 2.75) is 24.3 Å². The molecule has 0 unspecified atom stereocenters. The van der Waals surface area contributed by atoms with Crippen LogP contribution in [0, 0.1) is 0 Å².